The molecular formula is C24H13Cl4NO3. The minimum atomic E-state index is -0.786. The minimum Gasteiger partial charge on any atom is -0.450 e. The van der Waals surface area contributed by atoms with E-state index in [1.165, 1.54) is 11.0 Å². The average Bonchev–Trinajstić information content (AvgIpc) is 3.05. The highest BCUT2D eigenvalue weighted by Gasteiger charge is 2.44. The lowest BCUT2D eigenvalue weighted by molar-refractivity contribution is 0.0971. The molecule has 4 aromatic rings. The van der Waals surface area contributed by atoms with Crippen molar-refractivity contribution < 1.29 is 9.21 Å². The molecule has 0 aliphatic carbocycles. The van der Waals surface area contributed by atoms with E-state index in [0.29, 0.717) is 31.3 Å². The van der Waals surface area contributed by atoms with Crippen molar-refractivity contribution in [2.24, 2.45) is 0 Å². The summed E-state index contributed by atoms with van der Waals surface area (Å²) in [4.78, 5) is 28.6. The summed E-state index contributed by atoms with van der Waals surface area (Å²) in [5.41, 5.74) is 2.14. The van der Waals surface area contributed by atoms with E-state index in [9.17, 15) is 9.59 Å². The molecule has 0 radical (unpaired) electrons. The first-order valence-corrected chi connectivity index (χ1v) is 11.1. The summed E-state index contributed by atoms with van der Waals surface area (Å²) in [6, 6.07) is 14.2. The molecule has 1 aliphatic heterocycles. The second kappa shape index (κ2) is 7.82. The normalized spacial score (nSPS) is 15.5. The molecule has 0 N–H and O–H groups in total. The van der Waals surface area contributed by atoms with Gasteiger partial charge in [-0.15, -0.1) is 0 Å². The van der Waals surface area contributed by atoms with Crippen molar-refractivity contribution in [1.82, 2.24) is 0 Å². The smallest absolute Gasteiger partial charge is 0.295 e. The van der Waals surface area contributed by atoms with Crippen molar-refractivity contribution in [3.05, 3.63) is 107 Å². The first-order chi connectivity index (χ1) is 15.3. The number of carbonyl (C=O) groups excluding carboxylic acids is 1. The van der Waals surface area contributed by atoms with Crippen molar-refractivity contribution in [3.63, 3.8) is 0 Å². The predicted octanol–water partition coefficient (Wildman–Crippen LogP) is 7.46. The Hall–Kier alpha value is -2.50. The molecule has 32 heavy (non-hydrogen) atoms. The summed E-state index contributed by atoms with van der Waals surface area (Å²) in [6.45, 7) is 1.87. The summed E-state index contributed by atoms with van der Waals surface area (Å²) in [6.07, 6.45) is 0. The number of halogens is 4. The fourth-order valence-electron chi connectivity index (χ4n) is 3.94. The highest BCUT2D eigenvalue weighted by molar-refractivity contribution is 6.42. The number of carbonyl (C=O) groups is 1. The number of rotatable bonds is 2. The van der Waals surface area contributed by atoms with Gasteiger partial charge in [0.05, 0.1) is 27.0 Å². The van der Waals surface area contributed by atoms with Crippen LogP contribution < -0.4 is 10.3 Å². The zero-order valence-corrected chi connectivity index (χ0v) is 19.5. The molecule has 1 aromatic heterocycles. The largest absolute Gasteiger partial charge is 0.450 e. The van der Waals surface area contributed by atoms with Crippen LogP contribution in [0.5, 0.6) is 0 Å². The molecule has 4 nitrogen and oxygen atoms in total. The van der Waals surface area contributed by atoms with E-state index in [4.69, 9.17) is 50.8 Å². The summed E-state index contributed by atoms with van der Waals surface area (Å²) < 4.78 is 5.92. The van der Waals surface area contributed by atoms with Gasteiger partial charge in [0, 0.05) is 15.7 Å². The summed E-state index contributed by atoms with van der Waals surface area (Å²) >= 11 is 24.8. The van der Waals surface area contributed by atoms with Crippen molar-refractivity contribution in [1.29, 1.82) is 0 Å². The SMILES string of the molecule is Cc1ccc(N2C(=O)c3oc4ccc(Cl)cc4c(=O)c3C2c2ccc(Cl)c(Cl)c2)cc1Cl. The molecule has 0 saturated carbocycles. The van der Waals surface area contributed by atoms with Gasteiger partial charge in [-0.25, -0.2) is 0 Å². The predicted molar refractivity (Wildman–Crippen MR) is 129 cm³/mol. The number of fused-ring (bicyclic) bond motifs is 2. The molecule has 0 bridgehead atoms. The topological polar surface area (TPSA) is 50.5 Å². The molecule has 2 heterocycles. The monoisotopic (exact) mass is 503 g/mol. The van der Waals surface area contributed by atoms with Crippen LogP contribution in [0.3, 0.4) is 0 Å². The second-order valence-corrected chi connectivity index (χ2v) is 9.16. The molecular weight excluding hydrogens is 492 g/mol. The lowest BCUT2D eigenvalue weighted by atomic mass is 9.98. The lowest BCUT2D eigenvalue weighted by Gasteiger charge is -2.26. The average molecular weight is 505 g/mol. The molecule has 8 heteroatoms. The van der Waals surface area contributed by atoms with Gasteiger partial charge in [-0.2, -0.15) is 0 Å². The zero-order chi connectivity index (χ0) is 22.7. The molecule has 0 saturated heterocycles. The van der Waals surface area contributed by atoms with Crippen LogP contribution in [-0.2, 0) is 0 Å². The molecule has 1 atom stereocenters. The van der Waals surface area contributed by atoms with Crippen LogP contribution in [-0.4, -0.2) is 5.91 Å². The van der Waals surface area contributed by atoms with E-state index >= 15 is 0 Å². The van der Waals surface area contributed by atoms with Gasteiger partial charge in [0.2, 0.25) is 5.76 Å². The van der Waals surface area contributed by atoms with Gasteiger partial charge in [-0.1, -0.05) is 58.5 Å². The Bertz CT molecular complexity index is 1500. The van der Waals surface area contributed by atoms with Crippen LogP contribution >= 0.6 is 46.4 Å². The molecule has 3 aromatic carbocycles. The van der Waals surface area contributed by atoms with Gasteiger partial charge < -0.3 is 4.42 Å². The van der Waals surface area contributed by atoms with Gasteiger partial charge in [-0.3, -0.25) is 14.5 Å². The molecule has 1 aliphatic rings. The quantitative estimate of drug-likeness (QED) is 0.284. The third-order valence-electron chi connectivity index (χ3n) is 5.53. The first-order valence-electron chi connectivity index (χ1n) is 9.57. The highest BCUT2D eigenvalue weighted by Crippen LogP contribution is 2.43. The van der Waals surface area contributed by atoms with Crippen LogP contribution in [0.25, 0.3) is 11.0 Å². The first kappa shape index (κ1) is 21.4. The maximum atomic E-state index is 13.6. The van der Waals surface area contributed by atoms with Crippen molar-refractivity contribution in [3.8, 4) is 0 Å². The number of nitrogens with zero attached hydrogens (tertiary/aromatic N) is 1. The van der Waals surface area contributed by atoms with Crippen LogP contribution in [0, 0.1) is 6.92 Å². The molecule has 5 rings (SSSR count). The Balaban J connectivity index is 1.83. The Morgan fingerprint density at radius 1 is 0.844 bits per heavy atom. The van der Waals surface area contributed by atoms with E-state index in [0.717, 1.165) is 5.56 Å². The summed E-state index contributed by atoms with van der Waals surface area (Å²) in [5.74, 6) is -0.484. The van der Waals surface area contributed by atoms with Crippen LogP contribution in [0.4, 0.5) is 5.69 Å². The number of aryl methyl sites for hydroxylation is 1. The molecule has 0 spiro atoms. The van der Waals surface area contributed by atoms with Crippen LogP contribution in [0.2, 0.25) is 20.1 Å². The van der Waals surface area contributed by atoms with E-state index in [1.807, 2.05) is 13.0 Å². The Labute approximate surface area is 202 Å². The Morgan fingerprint density at radius 2 is 1.62 bits per heavy atom. The zero-order valence-electron chi connectivity index (χ0n) is 16.5. The molecule has 160 valence electrons. The van der Waals surface area contributed by atoms with Crippen molar-refractivity contribution >= 4 is 69.0 Å². The van der Waals surface area contributed by atoms with Crippen LogP contribution in [0.1, 0.15) is 33.3 Å². The highest BCUT2D eigenvalue weighted by atomic mass is 35.5. The lowest BCUT2D eigenvalue weighted by Crippen LogP contribution is -2.29. The fourth-order valence-corrected chi connectivity index (χ4v) is 4.59. The van der Waals surface area contributed by atoms with Gasteiger partial charge in [-0.05, 0) is 60.5 Å². The number of anilines is 1. The summed E-state index contributed by atoms with van der Waals surface area (Å²) in [5, 5.41) is 1.85. The van der Waals surface area contributed by atoms with E-state index in [2.05, 4.69) is 0 Å². The van der Waals surface area contributed by atoms with Crippen molar-refractivity contribution in [2.45, 2.75) is 13.0 Å². The molecule has 1 unspecified atom stereocenters. The molecule has 0 fully saturated rings. The van der Waals surface area contributed by atoms with E-state index < -0.39 is 11.9 Å². The molecule has 1 amide bonds. The van der Waals surface area contributed by atoms with Gasteiger partial charge in [0.15, 0.2) is 5.43 Å². The maximum absolute atomic E-state index is 13.6. The fraction of sp³-hybridized carbons (Fsp3) is 0.0833. The standard InChI is InChI=1S/C24H13Cl4NO3/c1-11-2-5-14(10-17(11)27)29-21(12-3-6-16(26)18(28)8-12)20-22(30)15-9-13(25)4-7-19(15)32-23(20)24(29)31/h2-10,21H,1H3. The number of amides is 1. The van der Waals surface area contributed by atoms with Crippen molar-refractivity contribution in [2.75, 3.05) is 4.90 Å². The third-order valence-corrected chi connectivity index (χ3v) is 6.91. The third kappa shape index (κ3) is 3.30. The van der Waals surface area contributed by atoms with Gasteiger partial charge in [0.1, 0.15) is 5.58 Å². The maximum Gasteiger partial charge on any atom is 0.295 e. The number of hydrogen-bond acceptors (Lipinski definition) is 3. The second-order valence-electron chi connectivity index (χ2n) is 7.50. The minimum absolute atomic E-state index is 0.0300. The van der Waals surface area contributed by atoms with Gasteiger partial charge >= 0.3 is 0 Å². The number of benzene rings is 3. The van der Waals surface area contributed by atoms with Gasteiger partial charge in [0.25, 0.3) is 5.91 Å². The van der Waals surface area contributed by atoms with E-state index in [1.54, 1.807) is 42.5 Å². The Morgan fingerprint density at radius 3 is 2.34 bits per heavy atom. The van der Waals surface area contributed by atoms with E-state index in [-0.39, 0.29) is 27.7 Å². The Kier molecular flexibility index (Phi) is 5.22. The number of hydrogen-bond donors (Lipinski definition) is 0. The summed E-state index contributed by atoms with van der Waals surface area (Å²) in [7, 11) is 0. The van der Waals surface area contributed by atoms with Crippen LogP contribution in [0.15, 0.2) is 63.8 Å².